The molecule has 0 radical (unpaired) electrons. The molecule has 11 nitrogen and oxygen atoms in total. The second-order valence-electron chi connectivity index (χ2n) is 7.28. The number of rotatable bonds is 4. The summed E-state index contributed by atoms with van der Waals surface area (Å²) in [6.07, 6.45) is 0.477. The van der Waals surface area contributed by atoms with E-state index >= 15 is 0 Å². The molecule has 0 unspecified atom stereocenters. The van der Waals surface area contributed by atoms with E-state index in [4.69, 9.17) is 4.74 Å². The van der Waals surface area contributed by atoms with Crippen LogP contribution in [0.2, 0.25) is 0 Å². The van der Waals surface area contributed by atoms with Crippen molar-refractivity contribution >= 4 is 34.4 Å². The number of nitrogens with zero attached hydrogens (tertiary/aromatic N) is 3. The van der Waals surface area contributed by atoms with Gasteiger partial charge in [0.1, 0.15) is 12.3 Å². The number of Topliss-reactive ketones (excluding diaryl/α,β-unsaturated/α-hetero) is 1. The Hall–Kier alpha value is -3.67. The number of ketones is 2. The molecule has 1 aromatic carbocycles. The molecule has 1 aliphatic carbocycles. The number of aromatic nitrogens is 4. The molecule has 3 aromatic rings. The first-order chi connectivity index (χ1) is 15.0. The summed E-state index contributed by atoms with van der Waals surface area (Å²) in [6.45, 7) is -0.342. The number of H-pyrrole nitrogens is 1. The molecule has 31 heavy (non-hydrogen) atoms. The molecule has 0 amide bonds. The molecular weight excluding hydrogens is 406 g/mol. The molecule has 5 rings (SSSR count). The van der Waals surface area contributed by atoms with E-state index in [-0.39, 0.29) is 35.7 Å². The number of carbonyl (C=O) groups excluding carboxylic acids is 2. The average molecular weight is 423 g/mol. The lowest BCUT2D eigenvalue weighted by Gasteiger charge is -2.17. The molecule has 1 aliphatic heterocycles. The van der Waals surface area contributed by atoms with E-state index in [0.717, 1.165) is 6.08 Å². The van der Waals surface area contributed by atoms with Crippen LogP contribution in [0.5, 0.6) is 0 Å². The third kappa shape index (κ3) is 3.15. The van der Waals surface area contributed by atoms with Gasteiger partial charge in [-0.1, -0.05) is 24.3 Å². The predicted molar refractivity (Wildman–Crippen MR) is 107 cm³/mol. The van der Waals surface area contributed by atoms with Crippen LogP contribution in [-0.2, 0) is 9.53 Å². The highest BCUT2D eigenvalue weighted by molar-refractivity contribution is 6.50. The molecule has 0 spiro atoms. The largest absolute Gasteiger partial charge is 0.394 e. The number of imidazole rings is 1. The van der Waals surface area contributed by atoms with Gasteiger partial charge in [-0.05, 0) is 0 Å². The van der Waals surface area contributed by atoms with Crippen LogP contribution in [0.3, 0.4) is 0 Å². The smallest absolute Gasteiger partial charge is 0.280 e. The van der Waals surface area contributed by atoms with Crippen molar-refractivity contribution in [3.05, 3.63) is 58.1 Å². The predicted octanol–water partition coefficient (Wildman–Crippen LogP) is -0.0213. The topological polar surface area (TPSA) is 159 Å². The fraction of sp³-hybridized carbons (Fsp3) is 0.250. The van der Waals surface area contributed by atoms with Crippen molar-refractivity contribution < 1.29 is 24.5 Å². The Morgan fingerprint density at radius 3 is 2.74 bits per heavy atom. The molecule has 4 N–H and O–H groups in total. The molecule has 158 valence electrons. The van der Waals surface area contributed by atoms with Crippen LogP contribution in [-0.4, -0.2) is 60.1 Å². The number of ether oxygens (including phenoxy) is 1. The van der Waals surface area contributed by atoms with Gasteiger partial charge in [0.25, 0.3) is 5.56 Å². The first-order valence-corrected chi connectivity index (χ1v) is 9.54. The van der Waals surface area contributed by atoms with Crippen molar-refractivity contribution in [2.24, 2.45) is 0 Å². The lowest BCUT2D eigenvalue weighted by Crippen LogP contribution is -2.24. The van der Waals surface area contributed by atoms with Gasteiger partial charge in [-0.15, -0.1) is 0 Å². The lowest BCUT2D eigenvalue weighted by molar-refractivity contribution is -0.111. The van der Waals surface area contributed by atoms with Gasteiger partial charge in [0.2, 0.25) is 17.5 Å². The molecule has 0 saturated carbocycles. The molecule has 1 saturated heterocycles. The number of anilines is 1. The number of allylic oxidation sites excluding steroid dienone is 1. The lowest BCUT2D eigenvalue weighted by atomic mass is 9.93. The number of fused-ring (bicyclic) bond motifs is 2. The maximum Gasteiger partial charge on any atom is 0.280 e. The molecule has 11 heteroatoms. The SMILES string of the molecule is O=C1C=C(Nc2nc3c(ncn3[C@H]3C[C@H](O)[C@@H](CO)O3)c(=O)[nH]2)c2ccccc2C1=O. The van der Waals surface area contributed by atoms with Crippen molar-refractivity contribution in [2.75, 3.05) is 11.9 Å². The van der Waals surface area contributed by atoms with E-state index in [1.165, 1.54) is 10.9 Å². The minimum absolute atomic E-state index is 0.0414. The van der Waals surface area contributed by atoms with Gasteiger partial charge in [-0.25, -0.2) is 4.98 Å². The van der Waals surface area contributed by atoms with E-state index < -0.39 is 35.6 Å². The van der Waals surface area contributed by atoms with Gasteiger partial charge in [-0.2, -0.15) is 4.98 Å². The van der Waals surface area contributed by atoms with Crippen LogP contribution in [0.15, 0.2) is 41.5 Å². The summed E-state index contributed by atoms with van der Waals surface area (Å²) in [6, 6.07) is 6.63. The minimum Gasteiger partial charge on any atom is -0.394 e. The van der Waals surface area contributed by atoms with Crippen LogP contribution >= 0.6 is 0 Å². The maximum absolute atomic E-state index is 12.5. The third-order valence-electron chi connectivity index (χ3n) is 5.34. The summed E-state index contributed by atoms with van der Waals surface area (Å²) in [7, 11) is 0. The maximum atomic E-state index is 12.5. The van der Waals surface area contributed by atoms with Crippen molar-refractivity contribution in [3.63, 3.8) is 0 Å². The number of aliphatic hydroxyl groups is 2. The zero-order chi connectivity index (χ0) is 21.7. The highest BCUT2D eigenvalue weighted by Gasteiger charge is 2.35. The van der Waals surface area contributed by atoms with E-state index in [1.807, 2.05) is 0 Å². The van der Waals surface area contributed by atoms with Crippen molar-refractivity contribution in [1.29, 1.82) is 0 Å². The summed E-state index contributed by atoms with van der Waals surface area (Å²) in [4.78, 5) is 47.8. The summed E-state index contributed by atoms with van der Waals surface area (Å²) < 4.78 is 7.14. The fourth-order valence-corrected chi connectivity index (χ4v) is 3.80. The second-order valence-corrected chi connectivity index (χ2v) is 7.28. The Labute approximate surface area is 174 Å². The number of hydrogen-bond acceptors (Lipinski definition) is 9. The van der Waals surface area contributed by atoms with Crippen LogP contribution in [0.4, 0.5) is 5.95 Å². The van der Waals surface area contributed by atoms with Crippen LogP contribution < -0.4 is 10.9 Å². The summed E-state index contributed by atoms with van der Waals surface area (Å²) in [5, 5.41) is 22.2. The van der Waals surface area contributed by atoms with Gasteiger partial charge in [0.05, 0.1) is 24.7 Å². The van der Waals surface area contributed by atoms with E-state index in [1.54, 1.807) is 24.3 Å². The van der Waals surface area contributed by atoms with Crippen LogP contribution in [0, 0.1) is 0 Å². The normalized spacial score (nSPS) is 23.2. The number of benzene rings is 1. The monoisotopic (exact) mass is 423 g/mol. The first-order valence-electron chi connectivity index (χ1n) is 9.54. The van der Waals surface area contributed by atoms with E-state index in [2.05, 4.69) is 20.3 Å². The summed E-state index contributed by atoms with van der Waals surface area (Å²) in [5.41, 5.74) is 0.845. The minimum atomic E-state index is -0.862. The molecule has 2 aliphatic rings. The molecule has 2 aromatic heterocycles. The second kappa shape index (κ2) is 7.23. The Bertz CT molecular complexity index is 1310. The molecule has 0 bridgehead atoms. The first kappa shape index (κ1) is 19.3. The quantitative estimate of drug-likeness (QED) is 0.423. The highest BCUT2D eigenvalue weighted by atomic mass is 16.5. The Morgan fingerprint density at radius 2 is 2.00 bits per heavy atom. The summed E-state index contributed by atoms with van der Waals surface area (Å²) in [5.74, 6) is -1.25. The van der Waals surface area contributed by atoms with Gasteiger partial charge in [-0.3, -0.25) is 23.9 Å². The van der Waals surface area contributed by atoms with Crippen LogP contribution in [0.25, 0.3) is 16.9 Å². The molecule has 3 heterocycles. The Morgan fingerprint density at radius 1 is 1.23 bits per heavy atom. The zero-order valence-corrected chi connectivity index (χ0v) is 16.0. The van der Waals surface area contributed by atoms with Gasteiger partial charge >= 0.3 is 0 Å². The highest BCUT2D eigenvalue weighted by Crippen LogP contribution is 2.31. The molecular formula is C20H17N5O6. The third-order valence-corrected chi connectivity index (χ3v) is 5.34. The number of aromatic amines is 1. The fourth-order valence-electron chi connectivity index (χ4n) is 3.80. The van der Waals surface area contributed by atoms with Crippen molar-refractivity contribution in [3.8, 4) is 0 Å². The van der Waals surface area contributed by atoms with Gasteiger partial charge < -0.3 is 20.3 Å². The number of hydrogen-bond donors (Lipinski definition) is 4. The number of aliphatic hydroxyl groups excluding tert-OH is 2. The van der Waals surface area contributed by atoms with Gasteiger partial charge in [0.15, 0.2) is 11.2 Å². The number of nitrogens with one attached hydrogen (secondary N) is 2. The number of carbonyl (C=O) groups is 2. The van der Waals surface area contributed by atoms with Crippen LogP contribution in [0.1, 0.15) is 28.6 Å². The zero-order valence-electron chi connectivity index (χ0n) is 16.0. The Balaban J connectivity index is 1.53. The Kier molecular flexibility index (Phi) is 4.50. The van der Waals surface area contributed by atoms with E-state index in [0.29, 0.717) is 11.3 Å². The molecule has 1 fully saturated rings. The summed E-state index contributed by atoms with van der Waals surface area (Å²) >= 11 is 0. The molecule has 3 atom stereocenters. The van der Waals surface area contributed by atoms with Crippen molar-refractivity contribution in [1.82, 2.24) is 19.5 Å². The van der Waals surface area contributed by atoms with E-state index in [9.17, 15) is 24.6 Å². The average Bonchev–Trinajstić information content (AvgIpc) is 3.35. The van der Waals surface area contributed by atoms with Gasteiger partial charge in [0, 0.05) is 23.6 Å². The standard InChI is InChI=1S/C20H17N5O6/c26-7-14-12(27)6-15(31-14)25-8-21-16-18(25)23-20(24-19(16)30)22-11-5-13(28)17(29)10-4-2-1-3-9(10)11/h1-5,8,12,14-15,26-27H,6-7H2,(H2,22,23,24,30)/t12-,14+,15+/m0/s1. The van der Waals surface area contributed by atoms with Crippen molar-refractivity contribution in [2.45, 2.75) is 24.9 Å².